The van der Waals surface area contributed by atoms with Gasteiger partial charge in [0.05, 0.1) is 11.5 Å². The molecular weight excluding hydrogens is 223 g/mol. The van der Waals surface area contributed by atoms with Crippen molar-refractivity contribution in [2.45, 2.75) is 16.4 Å². The molecule has 16 heavy (non-hydrogen) atoms. The first-order valence-corrected chi connectivity index (χ1v) is 5.74. The van der Waals surface area contributed by atoms with E-state index in [1.165, 1.54) is 17.8 Å². The lowest BCUT2D eigenvalue weighted by Gasteiger charge is -2.07. The summed E-state index contributed by atoms with van der Waals surface area (Å²) in [5.41, 5.74) is 0.619. The van der Waals surface area contributed by atoms with Crippen molar-refractivity contribution < 1.29 is 9.50 Å². The average Bonchev–Trinajstić information content (AvgIpc) is 2.33. The topological polar surface area (TPSA) is 20.2 Å². The summed E-state index contributed by atoms with van der Waals surface area (Å²) in [4.78, 5) is 1.46. The van der Waals surface area contributed by atoms with Crippen LogP contribution in [0.3, 0.4) is 0 Å². The Bertz CT molecular complexity index is 471. The highest BCUT2D eigenvalue weighted by Crippen LogP contribution is 2.32. The predicted octanol–water partition coefficient (Wildman–Crippen LogP) is 3.47. The third kappa shape index (κ3) is 2.43. The minimum atomic E-state index is -0.291. The molecule has 1 nitrogen and oxygen atoms in total. The SMILES string of the molecule is OCc1cccc(F)c1Sc1ccccc1. The molecule has 0 aliphatic carbocycles. The van der Waals surface area contributed by atoms with Crippen molar-refractivity contribution in [3.05, 3.63) is 59.9 Å². The van der Waals surface area contributed by atoms with Crippen LogP contribution in [0.2, 0.25) is 0 Å². The molecule has 0 aliphatic rings. The number of rotatable bonds is 3. The van der Waals surface area contributed by atoms with Crippen molar-refractivity contribution in [2.75, 3.05) is 0 Å². The van der Waals surface area contributed by atoms with Crippen LogP contribution < -0.4 is 0 Å². The smallest absolute Gasteiger partial charge is 0.137 e. The van der Waals surface area contributed by atoms with E-state index in [2.05, 4.69) is 0 Å². The summed E-state index contributed by atoms with van der Waals surface area (Å²) in [5.74, 6) is -0.291. The Labute approximate surface area is 97.9 Å². The minimum Gasteiger partial charge on any atom is -0.392 e. The van der Waals surface area contributed by atoms with Gasteiger partial charge in [-0.1, -0.05) is 42.1 Å². The van der Waals surface area contributed by atoms with Gasteiger partial charge in [0.2, 0.25) is 0 Å². The van der Waals surface area contributed by atoms with E-state index in [-0.39, 0.29) is 12.4 Å². The summed E-state index contributed by atoms with van der Waals surface area (Å²) in [7, 11) is 0. The molecule has 0 heterocycles. The van der Waals surface area contributed by atoms with E-state index in [0.29, 0.717) is 10.5 Å². The van der Waals surface area contributed by atoms with E-state index in [4.69, 9.17) is 5.11 Å². The molecule has 0 fully saturated rings. The first kappa shape index (κ1) is 11.2. The van der Waals surface area contributed by atoms with Crippen LogP contribution in [-0.4, -0.2) is 5.11 Å². The zero-order valence-electron chi connectivity index (χ0n) is 8.56. The normalized spacial score (nSPS) is 10.4. The standard InChI is InChI=1S/C13H11FOS/c14-12-8-4-5-10(9-15)13(12)16-11-6-2-1-3-7-11/h1-8,15H,9H2. The first-order valence-electron chi connectivity index (χ1n) is 4.92. The van der Waals surface area contributed by atoms with Gasteiger partial charge in [0.15, 0.2) is 0 Å². The van der Waals surface area contributed by atoms with Crippen LogP contribution in [0.4, 0.5) is 4.39 Å². The Morgan fingerprint density at radius 1 is 1.00 bits per heavy atom. The van der Waals surface area contributed by atoms with Crippen LogP contribution in [0, 0.1) is 5.82 Å². The number of aliphatic hydroxyl groups is 1. The zero-order chi connectivity index (χ0) is 11.4. The number of hydrogen-bond donors (Lipinski definition) is 1. The molecule has 0 radical (unpaired) electrons. The fourth-order valence-corrected chi connectivity index (χ4v) is 2.36. The summed E-state index contributed by atoms with van der Waals surface area (Å²) >= 11 is 1.33. The molecule has 0 spiro atoms. The summed E-state index contributed by atoms with van der Waals surface area (Å²) in [6.07, 6.45) is 0. The molecule has 0 amide bonds. The fraction of sp³-hybridized carbons (Fsp3) is 0.0769. The van der Waals surface area contributed by atoms with Crippen LogP contribution in [0.1, 0.15) is 5.56 Å². The Morgan fingerprint density at radius 3 is 2.44 bits per heavy atom. The first-order chi connectivity index (χ1) is 7.81. The largest absolute Gasteiger partial charge is 0.392 e. The van der Waals surface area contributed by atoms with Gasteiger partial charge in [0.1, 0.15) is 5.82 Å². The molecule has 0 bridgehead atoms. The highest BCUT2D eigenvalue weighted by molar-refractivity contribution is 7.99. The second-order valence-corrected chi connectivity index (χ2v) is 4.39. The van der Waals surface area contributed by atoms with E-state index in [0.717, 1.165) is 4.90 Å². The Morgan fingerprint density at radius 2 is 1.75 bits per heavy atom. The van der Waals surface area contributed by atoms with Gasteiger partial charge in [0.25, 0.3) is 0 Å². The quantitative estimate of drug-likeness (QED) is 0.877. The molecule has 0 aromatic heterocycles. The molecule has 1 N–H and O–H groups in total. The Kier molecular flexibility index (Phi) is 3.59. The summed E-state index contributed by atoms with van der Waals surface area (Å²) in [5, 5.41) is 9.14. The number of hydrogen-bond acceptors (Lipinski definition) is 2. The monoisotopic (exact) mass is 234 g/mol. The van der Waals surface area contributed by atoms with Crippen LogP contribution >= 0.6 is 11.8 Å². The van der Waals surface area contributed by atoms with E-state index in [1.807, 2.05) is 30.3 Å². The third-order valence-corrected chi connectivity index (χ3v) is 3.35. The molecule has 3 heteroatoms. The molecule has 0 saturated carbocycles. The fourth-order valence-electron chi connectivity index (χ4n) is 1.40. The summed E-state index contributed by atoms with van der Waals surface area (Å²) in [6.45, 7) is -0.146. The van der Waals surface area contributed by atoms with Crippen LogP contribution in [0.15, 0.2) is 58.3 Å². The molecule has 82 valence electrons. The van der Waals surface area contributed by atoms with Crippen molar-refractivity contribution in [1.82, 2.24) is 0 Å². The maximum Gasteiger partial charge on any atom is 0.137 e. The predicted molar refractivity (Wildman–Crippen MR) is 62.9 cm³/mol. The van der Waals surface area contributed by atoms with E-state index in [1.54, 1.807) is 12.1 Å². The van der Waals surface area contributed by atoms with Gasteiger partial charge in [-0.2, -0.15) is 0 Å². The second-order valence-electron chi connectivity index (χ2n) is 3.30. The van der Waals surface area contributed by atoms with Crippen molar-refractivity contribution in [3.63, 3.8) is 0 Å². The molecule has 0 saturated heterocycles. The van der Waals surface area contributed by atoms with Gasteiger partial charge in [-0.15, -0.1) is 0 Å². The van der Waals surface area contributed by atoms with E-state index >= 15 is 0 Å². The lowest BCUT2D eigenvalue weighted by Crippen LogP contribution is -1.91. The lowest BCUT2D eigenvalue weighted by atomic mass is 10.2. The zero-order valence-corrected chi connectivity index (χ0v) is 9.38. The van der Waals surface area contributed by atoms with E-state index < -0.39 is 0 Å². The molecule has 2 rings (SSSR count). The van der Waals surface area contributed by atoms with Gasteiger partial charge in [-0.05, 0) is 23.8 Å². The molecule has 0 aliphatic heterocycles. The lowest BCUT2D eigenvalue weighted by molar-refractivity contribution is 0.277. The van der Waals surface area contributed by atoms with Crippen LogP contribution in [0.25, 0.3) is 0 Å². The van der Waals surface area contributed by atoms with Crippen molar-refractivity contribution in [1.29, 1.82) is 0 Å². The molecular formula is C13H11FOS. The molecule has 0 atom stereocenters. The number of halogens is 1. The Balaban J connectivity index is 2.34. The van der Waals surface area contributed by atoms with Gasteiger partial charge in [-0.25, -0.2) is 4.39 Å². The number of benzene rings is 2. The minimum absolute atomic E-state index is 0.146. The maximum absolute atomic E-state index is 13.6. The maximum atomic E-state index is 13.6. The third-order valence-electron chi connectivity index (χ3n) is 2.18. The molecule has 2 aromatic rings. The summed E-state index contributed by atoms with van der Waals surface area (Å²) < 4.78 is 13.6. The van der Waals surface area contributed by atoms with Crippen LogP contribution in [0.5, 0.6) is 0 Å². The highest BCUT2D eigenvalue weighted by Gasteiger charge is 2.08. The van der Waals surface area contributed by atoms with Crippen molar-refractivity contribution >= 4 is 11.8 Å². The molecule has 0 unspecified atom stereocenters. The van der Waals surface area contributed by atoms with Gasteiger partial charge < -0.3 is 5.11 Å². The van der Waals surface area contributed by atoms with Crippen LogP contribution in [-0.2, 0) is 6.61 Å². The Hall–Kier alpha value is -1.32. The highest BCUT2D eigenvalue weighted by atomic mass is 32.2. The second kappa shape index (κ2) is 5.14. The van der Waals surface area contributed by atoms with E-state index in [9.17, 15) is 4.39 Å². The average molecular weight is 234 g/mol. The molecule has 2 aromatic carbocycles. The van der Waals surface area contributed by atoms with Gasteiger partial charge >= 0.3 is 0 Å². The van der Waals surface area contributed by atoms with Crippen molar-refractivity contribution in [2.24, 2.45) is 0 Å². The summed E-state index contributed by atoms with van der Waals surface area (Å²) in [6, 6.07) is 14.3. The van der Waals surface area contributed by atoms with Gasteiger partial charge in [0, 0.05) is 4.90 Å². The van der Waals surface area contributed by atoms with Gasteiger partial charge in [-0.3, -0.25) is 0 Å². The van der Waals surface area contributed by atoms with Crippen molar-refractivity contribution in [3.8, 4) is 0 Å². The number of aliphatic hydroxyl groups excluding tert-OH is 1.